The number of aryl methyl sites for hydroxylation is 1. The van der Waals surface area contributed by atoms with Gasteiger partial charge in [0.15, 0.2) is 11.5 Å². The number of hydrogen-bond donors (Lipinski definition) is 2. The molecule has 2 N–H and O–H groups in total. The lowest BCUT2D eigenvalue weighted by Gasteiger charge is -2.11. The van der Waals surface area contributed by atoms with Crippen molar-refractivity contribution in [2.45, 2.75) is 6.54 Å². The van der Waals surface area contributed by atoms with Gasteiger partial charge in [0.25, 0.3) is 0 Å². The van der Waals surface area contributed by atoms with Gasteiger partial charge in [-0.15, -0.1) is 0 Å². The van der Waals surface area contributed by atoms with Crippen LogP contribution in [0.25, 0.3) is 0 Å². The number of methoxy groups -OCH3 is 2. The van der Waals surface area contributed by atoms with Crippen molar-refractivity contribution in [1.29, 1.82) is 0 Å². The summed E-state index contributed by atoms with van der Waals surface area (Å²) in [5, 5.41) is 17.2. The first-order chi connectivity index (χ1) is 9.13. The predicted octanol–water partition coefficient (Wildman–Crippen LogP) is 1.75. The number of nitrogens with one attached hydrogen (secondary N) is 1. The quantitative estimate of drug-likeness (QED) is 0.860. The molecule has 19 heavy (non-hydrogen) atoms. The maximum Gasteiger partial charge on any atom is 0.200 e. The lowest BCUT2D eigenvalue weighted by atomic mass is 10.2. The smallest absolute Gasteiger partial charge is 0.200 e. The fourth-order valence-corrected chi connectivity index (χ4v) is 1.75. The highest BCUT2D eigenvalue weighted by atomic mass is 16.5. The van der Waals surface area contributed by atoms with Crippen molar-refractivity contribution < 1.29 is 14.6 Å². The van der Waals surface area contributed by atoms with Crippen LogP contribution in [0, 0.1) is 0 Å². The van der Waals surface area contributed by atoms with Gasteiger partial charge in [-0.05, 0) is 17.7 Å². The summed E-state index contributed by atoms with van der Waals surface area (Å²) in [4.78, 5) is 0. The molecule has 0 aliphatic carbocycles. The van der Waals surface area contributed by atoms with Gasteiger partial charge in [0.2, 0.25) is 5.75 Å². The molecule has 0 spiro atoms. The Labute approximate surface area is 111 Å². The van der Waals surface area contributed by atoms with Gasteiger partial charge in [0.1, 0.15) is 5.82 Å². The van der Waals surface area contributed by atoms with Crippen molar-refractivity contribution in [3.8, 4) is 17.2 Å². The second-order valence-electron chi connectivity index (χ2n) is 4.08. The van der Waals surface area contributed by atoms with E-state index in [1.807, 2.05) is 19.3 Å². The van der Waals surface area contributed by atoms with E-state index in [1.165, 1.54) is 14.2 Å². The Balaban J connectivity index is 2.15. The normalized spacial score (nSPS) is 10.3. The number of phenolic OH excluding ortho intramolecular Hbond substituents is 1. The van der Waals surface area contributed by atoms with Gasteiger partial charge < -0.3 is 19.9 Å². The highest BCUT2D eigenvalue weighted by Gasteiger charge is 2.11. The van der Waals surface area contributed by atoms with Crippen LogP contribution >= 0.6 is 0 Å². The highest BCUT2D eigenvalue weighted by Crippen LogP contribution is 2.37. The summed E-state index contributed by atoms with van der Waals surface area (Å²) in [6, 6.07) is 5.40. The van der Waals surface area contributed by atoms with Crippen LogP contribution < -0.4 is 14.8 Å². The fraction of sp³-hybridized carbons (Fsp3) is 0.308. The zero-order valence-corrected chi connectivity index (χ0v) is 11.2. The molecule has 0 saturated carbocycles. The van der Waals surface area contributed by atoms with Crippen molar-refractivity contribution >= 4 is 5.82 Å². The summed E-state index contributed by atoms with van der Waals surface area (Å²) < 4.78 is 11.9. The Morgan fingerprint density at radius 2 is 1.89 bits per heavy atom. The minimum absolute atomic E-state index is 0.00610. The topological polar surface area (TPSA) is 68.5 Å². The maximum atomic E-state index is 9.82. The molecule has 1 aromatic heterocycles. The molecule has 1 aromatic carbocycles. The highest BCUT2D eigenvalue weighted by molar-refractivity contribution is 5.53. The van der Waals surface area contributed by atoms with E-state index >= 15 is 0 Å². The van der Waals surface area contributed by atoms with E-state index in [4.69, 9.17) is 9.47 Å². The predicted molar refractivity (Wildman–Crippen MR) is 71.7 cm³/mol. The van der Waals surface area contributed by atoms with E-state index in [0.717, 1.165) is 11.4 Å². The minimum atomic E-state index is 0.00610. The number of aromatic nitrogens is 2. The van der Waals surface area contributed by atoms with Gasteiger partial charge in [-0.2, -0.15) is 5.10 Å². The number of hydrogen-bond acceptors (Lipinski definition) is 5. The third kappa shape index (κ3) is 2.90. The van der Waals surface area contributed by atoms with Gasteiger partial charge in [-0.1, -0.05) is 0 Å². The Bertz CT molecular complexity index is 541. The van der Waals surface area contributed by atoms with E-state index in [-0.39, 0.29) is 5.75 Å². The van der Waals surface area contributed by atoms with Gasteiger partial charge in [-0.3, -0.25) is 4.68 Å². The molecule has 0 saturated heterocycles. The van der Waals surface area contributed by atoms with Crippen molar-refractivity contribution in [1.82, 2.24) is 9.78 Å². The number of phenols is 1. The number of ether oxygens (including phenoxy) is 2. The Hall–Kier alpha value is -2.37. The van der Waals surface area contributed by atoms with Crippen LogP contribution in [0.15, 0.2) is 24.4 Å². The van der Waals surface area contributed by atoms with Crippen LogP contribution in [0.5, 0.6) is 17.2 Å². The van der Waals surface area contributed by atoms with Crippen LogP contribution in [0.3, 0.4) is 0 Å². The Morgan fingerprint density at radius 1 is 1.26 bits per heavy atom. The Morgan fingerprint density at radius 3 is 2.37 bits per heavy atom. The van der Waals surface area contributed by atoms with Crippen molar-refractivity contribution in [2.24, 2.45) is 7.05 Å². The van der Waals surface area contributed by atoms with Gasteiger partial charge in [0, 0.05) is 25.9 Å². The first-order valence-corrected chi connectivity index (χ1v) is 5.81. The molecule has 0 aliphatic heterocycles. The van der Waals surface area contributed by atoms with Crippen molar-refractivity contribution in [3.05, 3.63) is 30.0 Å². The summed E-state index contributed by atoms with van der Waals surface area (Å²) in [6.07, 6.45) is 1.86. The molecule has 2 aromatic rings. The molecule has 0 bridgehead atoms. The minimum Gasteiger partial charge on any atom is -0.502 e. The van der Waals surface area contributed by atoms with E-state index < -0.39 is 0 Å². The first-order valence-electron chi connectivity index (χ1n) is 5.81. The van der Waals surface area contributed by atoms with Gasteiger partial charge in [0.05, 0.1) is 14.2 Å². The van der Waals surface area contributed by atoms with Gasteiger partial charge in [-0.25, -0.2) is 0 Å². The molecule has 102 valence electrons. The molecule has 0 fully saturated rings. The van der Waals surface area contributed by atoms with E-state index in [1.54, 1.807) is 16.8 Å². The number of nitrogens with zero attached hydrogens (tertiary/aromatic N) is 2. The maximum absolute atomic E-state index is 9.82. The molecule has 0 amide bonds. The van der Waals surface area contributed by atoms with E-state index in [0.29, 0.717) is 18.0 Å². The van der Waals surface area contributed by atoms with Crippen LogP contribution in [0.1, 0.15) is 5.56 Å². The molecule has 0 aliphatic rings. The zero-order valence-electron chi connectivity index (χ0n) is 11.2. The van der Waals surface area contributed by atoms with Crippen molar-refractivity contribution in [3.63, 3.8) is 0 Å². The standard InChI is InChI=1S/C13H17N3O3/c1-16-5-4-12(15-16)14-8-9-6-10(18-2)13(17)11(7-9)19-3/h4-7,17H,8H2,1-3H3,(H,14,15). The van der Waals surface area contributed by atoms with Gasteiger partial charge >= 0.3 is 0 Å². The molecular weight excluding hydrogens is 246 g/mol. The number of aromatic hydroxyl groups is 1. The summed E-state index contributed by atoms with van der Waals surface area (Å²) >= 11 is 0. The monoisotopic (exact) mass is 263 g/mol. The SMILES string of the molecule is COc1cc(CNc2ccn(C)n2)cc(OC)c1O. The summed E-state index contributed by atoms with van der Waals surface area (Å²) in [7, 11) is 4.87. The van der Waals surface area contributed by atoms with Crippen molar-refractivity contribution in [2.75, 3.05) is 19.5 Å². The summed E-state index contributed by atoms with van der Waals surface area (Å²) in [5.41, 5.74) is 0.928. The van der Waals surface area contributed by atoms with Crippen LogP contribution in [0.2, 0.25) is 0 Å². The number of anilines is 1. The molecular formula is C13H17N3O3. The van der Waals surface area contributed by atoms with Crippen LogP contribution in [-0.2, 0) is 13.6 Å². The largest absolute Gasteiger partial charge is 0.502 e. The lowest BCUT2D eigenvalue weighted by Crippen LogP contribution is -2.02. The van der Waals surface area contributed by atoms with Crippen LogP contribution in [-0.4, -0.2) is 29.1 Å². The summed E-state index contributed by atoms with van der Waals surface area (Å²) in [6.45, 7) is 0.560. The zero-order chi connectivity index (χ0) is 13.8. The molecule has 1 heterocycles. The number of rotatable bonds is 5. The van der Waals surface area contributed by atoms with E-state index in [9.17, 15) is 5.11 Å². The summed E-state index contributed by atoms with van der Waals surface area (Å²) in [5.74, 6) is 1.56. The Kier molecular flexibility index (Phi) is 3.79. The molecule has 6 nitrogen and oxygen atoms in total. The lowest BCUT2D eigenvalue weighted by molar-refractivity contribution is 0.339. The molecule has 0 atom stereocenters. The second kappa shape index (κ2) is 5.51. The molecule has 2 rings (SSSR count). The third-order valence-corrected chi connectivity index (χ3v) is 2.73. The molecule has 6 heteroatoms. The first kappa shape index (κ1) is 13.1. The average Bonchev–Trinajstić information content (AvgIpc) is 2.83. The van der Waals surface area contributed by atoms with Crippen LogP contribution in [0.4, 0.5) is 5.82 Å². The number of benzene rings is 1. The molecule has 0 unspecified atom stereocenters. The van der Waals surface area contributed by atoms with E-state index in [2.05, 4.69) is 10.4 Å². The third-order valence-electron chi connectivity index (χ3n) is 2.73. The fourth-order valence-electron chi connectivity index (χ4n) is 1.75. The second-order valence-corrected chi connectivity index (χ2v) is 4.08. The molecule has 0 radical (unpaired) electrons. The average molecular weight is 263 g/mol.